The molecule has 0 aliphatic heterocycles. The number of aromatic amines is 1. The van der Waals surface area contributed by atoms with Gasteiger partial charge < -0.3 is 5.73 Å². The van der Waals surface area contributed by atoms with E-state index in [0.29, 0.717) is 28.9 Å². The third-order valence-electron chi connectivity index (χ3n) is 3.50. The summed E-state index contributed by atoms with van der Waals surface area (Å²) >= 11 is 0. The van der Waals surface area contributed by atoms with Gasteiger partial charge in [0.05, 0.1) is 5.69 Å². The zero-order chi connectivity index (χ0) is 16.4. The zero-order valence-electron chi connectivity index (χ0n) is 12.9. The lowest BCUT2D eigenvalue weighted by Gasteiger charge is -2.14. The minimum atomic E-state index is -0.573. The summed E-state index contributed by atoms with van der Waals surface area (Å²) in [6, 6.07) is 4.47. The van der Waals surface area contributed by atoms with Crippen molar-refractivity contribution in [2.45, 2.75) is 33.9 Å². The Bertz CT molecular complexity index is 806. The summed E-state index contributed by atoms with van der Waals surface area (Å²) in [6.07, 6.45) is 0. The quantitative estimate of drug-likeness (QED) is 0.845. The largest absolute Gasteiger partial charge is 0.326 e. The van der Waals surface area contributed by atoms with Crippen LogP contribution < -0.4 is 16.7 Å². The maximum Gasteiger partial charge on any atom is 0.312 e. The Morgan fingerprint density at radius 1 is 1.32 bits per heavy atom. The third-order valence-corrected chi connectivity index (χ3v) is 3.50. The number of benzene rings is 1. The van der Waals surface area contributed by atoms with Crippen molar-refractivity contribution >= 4 is 0 Å². The molecule has 3 N–H and O–H groups in total. The molecule has 0 aliphatic rings. The summed E-state index contributed by atoms with van der Waals surface area (Å²) in [5.41, 5.74) is 6.22. The van der Waals surface area contributed by atoms with Crippen molar-refractivity contribution in [2.75, 3.05) is 0 Å². The fourth-order valence-corrected chi connectivity index (χ4v) is 2.33. The highest BCUT2D eigenvalue weighted by Crippen LogP contribution is 2.21. The van der Waals surface area contributed by atoms with Crippen LogP contribution in [0.5, 0.6) is 0 Å². The van der Waals surface area contributed by atoms with Gasteiger partial charge in [0.2, 0.25) is 5.43 Å². The van der Waals surface area contributed by atoms with Crippen LogP contribution in [0.1, 0.15) is 25.0 Å². The molecule has 118 valence electrons. The number of aromatic nitrogens is 2. The van der Waals surface area contributed by atoms with E-state index in [1.54, 1.807) is 19.1 Å². The fourth-order valence-electron chi connectivity index (χ4n) is 2.33. The molecule has 6 heteroatoms. The van der Waals surface area contributed by atoms with Crippen molar-refractivity contribution in [1.29, 1.82) is 0 Å². The third kappa shape index (κ3) is 3.01. The molecule has 0 spiro atoms. The molecule has 0 bridgehead atoms. The summed E-state index contributed by atoms with van der Waals surface area (Å²) in [6.45, 7) is 5.96. The van der Waals surface area contributed by atoms with E-state index in [1.165, 1.54) is 10.7 Å². The zero-order valence-corrected chi connectivity index (χ0v) is 12.9. The van der Waals surface area contributed by atoms with E-state index < -0.39 is 11.0 Å². The van der Waals surface area contributed by atoms with Crippen LogP contribution in [0.25, 0.3) is 11.3 Å². The van der Waals surface area contributed by atoms with Gasteiger partial charge in [-0.2, -0.15) is 0 Å². The van der Waals surface area contributed by atoms with Crippen LogP contribution in [-0.2, 0) is 13.1 Å². The van der Waals surface area contributed by atoms with Crippen LogP contribution in [-0.4, -0.2) is 9.78 Å². The molecule has 22 heavy (non-hydrogen) atoms. The number of rotatable bonds is 4. The highest BCUT2D eigenvalue weighted by molar-refractivity contribution is 5.63. The summed E-state index contributed by atoms with van der Waals surface area (Å²) < 4.78 is 14.9. The van der Waals surface area contributed by atoms with Crippen LogP contribution in [0.3, 0.4) is 0 Å². The lowest BCUT2D eigenvalue weighted by Crippen LogP contribution is -2.39. The number of nitrogens with one attached hydrogen (secondary N) is 1. The topological polar surface area (TPSA) is 80.9 Å². The Balaban J connectivity index is 2.67. The van der Waals surface area contributed by atoms with Gasteiger partial charge in [-0.25, -0.2) is 9.07 Å². The first-order valence-electron chi connectivity index (χ1n) is 7.17. The first kappa shape index (κ1) is 16.2. The van der Waals surface area contributed by atoms with E-state index in [0.717, 1.165) is 0 Å². The van der Waals surface area contributed by atoms with Gasteiger partial charge in [-0.15, -0.1) is 0 Å². The Hall–Kier alpha value is -2.21. The van der Waals surface area contributed by atoms with Crippen LogP contribution in [0.2, 0.25) is 0 Å². The summed E-state index contributed by atoms with van der Waals surface area (Å²) in [4.78, 5) is 24.2. The first-order chi connectivity index (χ1) is 10.3. The first-order valence-corrected chi connectivity index (χ1v) is 7.17. The van der Waals surface area contributed by atoms with Crippen molar-refractivity contribution in [2.24, 2.45) is 11.7 Å². The average molecular weight is 305 g/mol. The lowest BCUT2D eigenvalue weighted by atomic mass is 10.0. The van der Waals surface area contributed by atoms with Gasteiger partial charge in [0, 0.05) is 29.8 Å². The van der Waals surface area contributed by atoms with Crippen LogP contribution in [0.15, 0.2) is 27.8 Å². The van der Waals surface area contributed by atoms with Crippen molar-refractivity contribution in [1.82, 2.24) is 9.78 Å². The second-order valence-corrected chi connectivity index (χ2v) is 5.76. The van der Waals surface area contributed by atoms with Crippen molar-refractivity contribution in [3.05, 3.63) is 55.7 Å². The smallest absolute Gasteiger partial charge is 0.312 e. The number of nitrogens with two attached hydrogens (primary N) is 1. The summed E-state index contributed by atoms with van der Waals surface area (Å²) in [5, 5.41) is 2.98. The molecule has 1 aromatic carbocycles. The Morgan fingerprint density at radius 2 is 2.00 bits per heavy atom. The Kier molecular flexibility index (Phi) is 4.61. The molecule has 0 radical (unpaired) electrons. The average Bonchev–Trinajstić information content (AvgIpc) is 2.48. The molecule has 0 amide bonds. The van der Waals surface area contributed by atoms with Gasteiger partial charge in [0.25, 0.3) is 0 Å². The highest BCUT2D eigenvalue weighted by atomic mass is 19.1. The number of hydrogen-bond acceptors (Lipinski definition) is 3. The predicted octanol–water partition coefficient (Wildman–Crippen LogP) is 1.77. The number of halogens is 1. The standard InChI is InChI=1S/C16H20FN3O2/c1-9(2)8-20-16(22)15(21)10(3)14(19-20)11-4-5-13(17)12(6-11)7-18/h4-6,9,19H,7-8,18H2,1-3H3. The van der Waals surface area contributed by atoms with Gasteiger partial charge in [-0.05, 0) is 31.0 Å². The van der Waals surface area contributed by atoms with Gasteiger partial charge in [-0.3, -0.25) is 14.7 Å². The monoisotopic (exact) mass is 305 g/mol. The molecule has 0 atom stereocenters. The number of nitrogens with zero attached hydrogens (tertiary/aromatic N) is 1. The van der Waals surface area contributed by atoms with Crippen LogP contribution in [0, 0.1) is 18.7 Å². The van der Waals surface area contributed by atoms with E-state index in [1.807, 2.05) is 13.8 Å². The molecule has 0 aliphatic carbocycles. The molecule has 5 nitrogen and oxygen atoms in total. The van der Waals surface area contributed by atoms with Crippen LogP contribution in [0.4, 0.5) is 4.39 Å². The minimum absolute atomic E-state index is 0.0641. The maximum atomic E-state index is 13.6. The minimum Gasteiger partial charge on any atom is -0.326 e. The van der Waals surface area contributed by atoms with E-state index >= 15 is 0 Å². The molecule has 0 saturated carbocycles. The SMILES string of the molecule is Cc1c(-c2ccc(F)c(CN)c2)[nH]n(CC(C)C)c(=O)c1=O. The van der Waals surface area contributed by atoms with E-state index in [2.05, 4.69) is 5.10 Å². The molecular weight excluding hydrogens is 285 g/mol. The molecular formula is C16H20FN3O2. The van der Waals surface area contributed by atoms with Crippen LogP contribution >= 0.6 is 0 Å². The normalized spacial score (nSPS) is 11.2. The fraction of sp³-hybridized carbons (Fsp3) is 0.375. The molecule has 0 saturated heterocycles. The van der Waals surface area contributed by atoms with Crippen molar-refractivity contribution in [3.8, 4) is 11.3 Å². The second-order valence-electron chi connectivity index (χ2n) is 5.76. The Labute approximate surface area is 127 Å². The van der Waals surface area contributed by atoms with Gasteiger partial charge in [0.15, 0.2) is 0 Å². The van der Waals surface area contributed by atoms with Crippen molar-refractivity contribution in [3.63, 3.8) is 0 Å². The van der Waals surface area contributed by atoms with Crippen molar-refractivity contribution < 1.29 is 4.39 Å². The van der Waals surface area contributed by atoms with E-state index in [-0.39, 0.29) is 18.3 Å². The molecule has 2 aromatic rings. The van der Waals surface area contributed by atoms with E-state index in [4.69, 9.17) is 5.73 Å². The second kappa shape index (κ2) is 6.27. The predicted molar refractivity (Wildman–Crippen MR) is 84.2 cm³/mol. The molecule has 1 heterocycles. The highest BCUT2D eigenvalue weighted by Gasteiger charge is 2.14. The maximum absolute atomic E-state index is 13.6. The molecule has 0 unspecified atom stereocenters. The summed E-state index contributed by atoms with van der Waals surface area (Å²) in [5.74, 6) is -0.182. The molecule has 1 aromatic heterocycles. The van der Waals surface area contributed by atoms with E-state index in [9.17, 15) is 14.0 Å². The Morgan fingerprint density at radius 3 is 2.59 bits per heavy atom. The molecule has 0 fully saturated rings. The number of H-pyrrole nitrogens is 1. The van der Waals surface area contributed by atoms with Gasteiger partial charge in [0.1, 0.15) is 5.82 Å². The summed E-state index contributed by atoms with van der Waals surface area (Å²) in [7, 11) is 0. The van der Waals surface area contributed by atoms with Gasteiger partial charge in [-0.1, -0.05) is 13.8 Å². The molecule has 2 rings (SSSR count). The lowest BCUT2D eigenvalue weighted by molar-refractivity contribution is 0.462. The number of hydrogen-bond donors (Lipinski definition) is 2. The van der Waals surface area contributed by atoms with Gasteiger partial charge >= 0.3 is 5.56 Å².